The maximum Gasteiger partial charge on any atom is 0.0491 e. The second-order valence-electron chi connectivity index (χ2n) is 4.54. The van der Waals surface area contributed by atoms with E-state index in [1.165, 1.54) is 18.5 Å². The van der Waals surface area contributed by atoms with Gasteiger partial charge in [0.2, 0.25) is 0 Å². The Labute approximate surface area is 97.4 Å². The second-order valence-corrected chi connectivity index (χ2v) is 4.54. The van der Waals surface area contributed by atoms with Gasteiger partial charge in [0.15, 0.2) is 0 Å². The van der Waals surface area contributed by atoms with E-state index in [4.69, 9.17) is 4.74 Å². The van der Waals surface area contributed by atoms with E-state index in [0.717, 1.165) is 31.3 Å². The van der Waals surface area contributed by atoms with Crippen LogP contribution in [0.4, 0.5) is 5.69 Å². The zero-order chi connectivity index (χ0) is 11.4. The van der Waals surface area contributed by atoms with Crippen LogP contribution in [-0.2, 0) is 4.74 Å². The van der Waals surface area contributed by atoms with Crippen molar-refractivity contribution in [3.05, 3.63) is 24.0 Å². The maximum absolute atomic E-state index is 5.21. The number of hydrogen-bond donors (Lipinski definition) is 0. The Morgan fingerprint density at radius 1 is 1.44 bits per heavy atom. The average molecular weight is 220 g/mol. The van der Waals surface area contributed by atoms with Crippen molar-refractivity contribution in [2.24, 2.45) is 5.92 Å². The Bertz CT molecular complexity index is 332. The summed E-state index contributed by atoms with van der Waals surface area (Å²) in [7, 11) is 1.79. The summed E-state index contributed by atoms with van der Waals surface area (Å²) in [5.74, 6) is 0.740. The van der Waals surface area contributed by atoms with Gasteiger partial charge >= 0.3 is 0 Å². The van der Waals surface area contributed by atoms with E-state index in [1.54, 1.807) is 7.11 Å². The molecule has 1 aromatic rings. The van der Waals surface area contributed by atoms with Gasteiger partial charge in [0.25, 0.3) is 0 Å². The Morgan fingerprint density at radius 3 is 2.81 bits per heavy atom. The molecule has 0 aliphatic carbocycles. The number of anilines is 1. The smallest absolute Gasteiger partial charge is 0.0491 e. The molecule has 88 valence electrons. The number of nitrogens with zero attached hydrogens (tertiary/aromatic N) is 2. The van der Waals surface area contributed by atoms with Gasteiger partial charge in [-0.25, -0.2) is 0 Å². The molecular weight excluding hydrogens is 200 g/mol. The number of ether oxygens (including phenoxy) is 1. The first kappa shape index (κ1) is 11.4. The van der Waals surface area contributed by atoms with Crippen LogP contribution in [0.15, 0.2) is 18.3 Å². The lowest BCUT2D eigenvalue weighted by Crippen LogP contribution is -2.35. The Morgan fingerprint density at radius 2 is 2.19 bits per heavy atom. The van der Waals surface area contributed by atoms with E-state index in [2.05, 4.69) is 22.0 Å². The number of hydrogen-bond acceptors (Lipinski definition) is 3. The molecule has 3 heteroatoms. The molecule has 0 amide bonds. The van der Waals surface area contributed by atoms with Crippen molar-refractivity contribution in [3.8, 4) is 0 Å². The van der Waals surface area contributed by atoms with E-state index in [-0.39, 0.29) is 0 Å². The van der Waals surface area contributed by atoms with Gasteiger partial charge in [-0.3, -0.25) is 4.98 Å². The predicted octanol–water partition coefficient (Wildman–Crippen LogP) is 2.25. The highest BCUT2D eigenvalue weighted by molar-refractivity contribution is 5.46. The summed E-state index contributed by atoms with van der Waals surface area (Å²) in [5, 5.41) is 0. The van der Waals surface area contributed by atoms with Crippen molar-refractivity contribution in [2.75, 3.05) is 31.7 Å². The van der Waals surface area contributed by atoms with Gasteiger partial charge in [-0.2, -0.15) is 0 Å². The molecule has 3 nitrogen and oxygen atoms in total. The Hall–Kier alpha value is -1.09. The van der Waals surface area contributed by atoms with Crippen molar-refractivity contribution >= 4 is 5.69 Å². The molecule has 0 N–H and O–H groups in total. The number of pyridine rings is 1. The summed E-state index contributed by atoms with van der Waals surface area (Å²) in [4.78, 5) is 6.68. The molecule has 1 aromatic heterocycles. The molecule has 1 aliphatic heterocycles. The SMILES string of the molecule is COCC1CCN(c2ccnc(C)c2)CC1. The number of aryl methyl sites for hydroxylation is 1. The highest BCUT2D eigenvalue weighted by Gasteiger charge is 2.19. The third-order valence-corrected chi connectivity index (χ3v) is 3.26. The lowest BCUT2D eigenvalue weighted by Gasteiger charge is -2.33. The van der Waals surface area contributed by atoms with Crippen molar-refractivity contribution in [1.82, 2.24) is 4.98 Å². The van der Waals surface area contributed by atoms with Crippen LogP contribution in [0.2, 0.25) is 0 Å². The highest BCUT2D eigenvalue weighted by Crippen LogP contribution is 2.23. The maximum atomic E-state index is 5.21. The van der Waals surface area contributed by atoms with E-state index in [1.807, 2.05) is 13.1 Å². The lowest BCUT2D eigenvalue weighted by atomic mass is 9.97. The number of methoxy groups -OCH3 is 1. The van der Waals surface area contributed by atoms with Crippen molar-refractivity contribution in [3.63, 3.8) is 0 Å². The summed E-state index contributed by atoms with van der Waals surface area (Å²) in [6.07, 6.45) is 4.36. The first-order valence-corrected chi connectivity index (χ1v) is 5.96. The van der Waals surface area contributed by atoms with Crippen LogP contribution in [0.25, 0.3) is 0 Å². The van der Waals surface area contributed by atoms with Crippen molar-refractivity contribution < 1.29 is 4.74 Å². The fraction of sp³-hybridized carbons (Fsp3) is 0.615. The molecule has 0 unspecified atom stereocenters. The zero-order valence-electron chi connectivity index (χ0n) is 10.1. The van der Waals surface area contributed by atoms with Crippen LogP contribution in [-0.4, -0.2) is 31.8 Å². The van der Waals surface area contributed by atoms with Gasteiger partial charge in [-0.1, -0.05) is 0 Å². The summed E-state index contributed by atoms with van der Waals surface area (Å²) < 4.78 is 5.21. The summed E-state index contributed by atoms with van der Waals surface area (Å²) in [5.41, 5.74) is 2.40. The van der Waals surface area contributed by atoms with Gasteiger partial charge < -0.3 is 9.64 Å². The molecule has 0 atom stereocenters. The fourth-order valence-electron chi connectivity index (χ4n) is 2.32. The van der Waals surface area contributed by atoms with Gasteiger partial charge in [0.05, 0.1) is 0 Å². The third-order valence-electron chi connectivity index (χ3n) is 3.26. The summed E-state index contributed by atoms with van der Waals surface area (Å²) in [6.45, 7) is 5.22. The monoisotopic (exact) mass is 220 g/mol. The van der Waals surface area contributed by atoms with Crippen molar-refractivity contribution in [2.45, 2.75) is 19.8 Å². The van der Waals surface area contributed by atoms with Crippen LogP contribution in [0.1, 0.15) is 18.5 Å². The predicted molar refractivity (Wildman–Crippen MR) is 65.8 cm³/mol. The molecule has 2 rings (SSSR count). The molecule has 0 spiro atoms. The largest absolute Gasteiger partial charge is 0.384 e. The fourth-order valence-corrected chi connectivity index (χ4v) is 2.32. The molecule has 1 saturated heterocycles. The Balaban J connectivity index is 1.94. The molecular formula is C13H20N2O. The minimum absolute atomic E-state index is 0.740. The van der Waals surface area contributed by atoms with Crippen LogP contribution >= 0.6 is 0 Å². The first-order chi connectivity index (χ1) is 7.79. The second kappa shape index (κ2) is 5.30. The third kappa shape index (κ3) is 2.73. The van der Waals surface area contributed by atoms with E-state index >= 15 is 0 Å². The first-order valence-electron chi connectivity index (χ1n) is 5.96. The average Bonchev–Trinajstić information content (AvgIpc) is 2.30. The standard InChI is InChI=1S/C13H20N2O/c1-11-9-13(3-6-14-11)15-7-4-12(5-8-15)10-16-2/h3,6,9,12H,4-5,7-8,10H2,1-2H3. The minimum Gasteiger partial charge on any atom is -0.384 e. The summed E-state index contributed by atoms with van der Waals surface area (Å²) >= 11 is 0. The number of rotatable bonds is 3. The van der Waals surface area contributed by atoms with E-state index in [9.17, 15) is 0 Å². The molecule has 0 bridgehead atoms. The van der Waals surface area contributed by atoms with Crippen molar-refractivity contribution in [1.29, 1.82) is 0 Å². The lowest BCUT2D eigenvalue weighted by molar-refractivity contribution is 0.139. The minimum atomic E-state index is 0.740. The molecule has 0 radical (unpaired) electrons. The topological polar surface area (TPSA) is 25.4 Å². The highest BCUT2D eigenvalue weighted by atomic mass is 16.5. The van der Waals surface area contributed by atoms with Crippen LogP contribution in [0.3, 0.4) is 0 Å². The summed E-state index contributed by atoms with van der Waals surface area (Å²) in [6, 6.07) is 4.26. The number of aromatic nitrogens is 1. The molecule has 1 fully saturated rings. The molecule has 0 aromatic carbocycles. The molecule has 2 heterocycles. The van der Waals surface area contributed by atoms with Gasteiger partial charge in [-0.15, -0.1) is 0 Å². The zero-order valence-corrected chi connectivity index (χ0v) is 10.1. The van der Waals surface area contributed by atoms with E-state index < -0.39 is 0 Å². The van der Waals surface area contributed by atoms with E-state index in [0.29, 0.717) is 0 Å². The quantitative estimate of drug-likeness (QED) is 0.781. The number of piperidine rings is 1. The molecule has 0 saturated carbocycles. The van der Waals surface area contributed by atoms with Crippen LogP contribution in [0, 0.1) is 12.8 Å². The molecule has 16 heavy (non-hydrogen) atoms. The normalized spacial score (nSPS) is 17.8. The van der Waals surface area contributed by atoms with Gasteiger partial charge in [-0.05, 0) is 37.8 Å². The van der Waals surface area contributed by atoms with Gasteiger partial charge in [0, 0.05) is 44.4 Å². The van der Waals surface area contributed by atoms with Crippen LogP contribution < -0.4 is 4.90 Å². The van der Waals surface area contributed by atoms with Crippen LogP contribution in [0.5, 0.6) is 0 Å². The Kier molecular flexibility index (Phi) is 3.78. The van der Waals surface area contributed by atoms with Gasteiger partial charge in [0.1, 0.15) is 0 Å². The molecule has 1 aliphatic rings.